The summed E-state index contributed by atoms with van der Waals surface area (Å²) < 4.78 is 1.01. The van der Waals surface area contributed by atoms with Crippen LogP contribution in [0.2, 0.25) is 0 Å². The summed E-state index contributed by atoms with van der Waals surface area (Å²) in [5.74, 6) is 0.0415. The minimum atomic E-state index is 0.0415. The smallest absolute Gasteiger partial charge is 0.252 e. The van der Waals surface area contributed by atoms with Crippen molar-refractivity contribution in [1.82, 2.24) is 10.2 Å². The van der Waals surface area contributed by atoms with Crippen molar-refractivity contribution >= 4 is 28.5 Å². The third kappa shape index (κ3) is 4.76. The molecular weight excluding hydrogens is 351 g/mol. The van der Waals surface area contributed by atoms with E-state index in [4.69, 9.17) is 0 Å². The van der Waals surface area contributed by atoms with Gasteiger partial charge in [-0.1, -0.05) is 25.0 Å². The van der Waals surface area contributed by atoms with E-state index in [-0.39, 0.29) is 5.91 Å². The Bertz CT molecular complexity index is 414. The molecule has 1 saturated heterocycles. The van der Waals surface area contributed by atoms with Crippen LogP contribution in [0.25, 0.3) is 0 Å². The lowest BCUT2D eigenvalue weighted by atomic mass is 10.2. The standard InChI is InChI=1S/C15H21IN2O/c16-14-8-4-3-7-13(14)15(19)17-9-12-18-10-5-1-2-6-11-18/h3-4,7-8H,1-2,5-6,9-12H2,(H,17,19). The second kappa shape index (κ2) is 7.85. The summed E-state index contributed by atoms with van der Waals surface area (Å²) in [6.07, 6.45) is 5.30. The number of hydrogen-bond acceptors (Lipinski definition) is 2. The van der Waals surface area contributed by atoms with E-state index in [0.29, 0.717) is 0 Å². The molecule has 1 aliphatic heterocycles. The monoisotopic (exact) mass is 372 g/mol. The molecule has 1 aromatic carbocycles. The molecular formula is C15H21IN2O. The Labute approximate surface area is 128 Å². The molecule has 0 radical (unpaired) electrons. The van der Waals surface area contributed by atoms with Crippen LogP contribution in [0.3, 0.4) is 0 Å². The lowest BCUT2D eigenvalue weighted by Gasteiger charge is -2.19. The first kappa shape index (κ1) is 14.8. The van der Waals surface area contributed by atoms with Crippen LogP contribution in [0.1, 0.15) is 36.0 Å². The van der Waals surface area contributed by atoms with Gasteiger partial charge in [0.1, 0.15) is 0 Å². The molecule has 3 nitrogen and oxygen atoms in total. The number of nitrogens with zero attached hydrogens (tertiary/aromatic N) is 1. The average molecular weight is 372 g/mol. The largest absolute Gasteiger partial charge is 0.351 e. The highest BCUT2D eigenvalue weighted by molar-refractivity contribution is 14.1. The second-order valence-electron chi connectivity index (χ2n) is 4.99. The summed E-state index contributed by atoms with van der Waals surface area (Å²) >= 11 is 2.20. The molecule has 0 bridgehead atoms. The normalized spacial score (nSPS) is 16.9. The van der Waals surface area contributed by atoms with Gasteiger partial charge in [-0.2, -0.15) is 0 Å². The van der Waals surface area contributed by atoms with Crippen molar-refractivity contribution in [2.24, 2.45) is 0 Å². The molecule has 0 aliphatic carbocycles. The number of rotatable bonds is 4. The van der Waals surface area contributed by atoms with Crippen LogP contribution in [0.15, 0.2) is 24.3 Å². The molecule has 1 aromatic rings. The molecule has 0 aromatic heterocycles. The van der Waals surface area contributed by atoms with E-state index in [1.54, 1.807) is 0 Å². The first-order chi connectivity index (χ1) is 9.27. The van der Waals surface area contributed by atoms with E-state index in [0.717, 1.165) is 22.2 Å². The molecule has 1 amide bonds. The number of nitrogens with one attached hydrogen (secondary N) is 1. The highest BCUT2D eigenvalue weighted by Gasteiger charge is 2.11. The topological polar surface area (TPSA) is 32.3 Å². The van der Waals surface area contributed by atoms with Gasteiger partial charge in [0.25, 0.3) is 5.91 Å². The van der Waals surface area contributed by atoms with E-state index < -0.39 is 0 Å². The summed E-state index contributed by atoms with van der Waals surface area (Å²) in [5, 5.41) is 3.02. The van der Waals surface area contributed by atoms with Crippen LogP contribution in [0, 0.1) is 3.57 Å². The van der Waals surface area contributed by atoms with Crippen molar-refractivity contribution in [3.05, 3.63) is 33.4 Å². The molecule has 0 saturated carbocycles. The van der Waals surface area contributed by atoms with Gasteiger partial charge < -0.3 is 10.2 Å². The zero-order valence-corrected chi connectivity index (χ0v) is 13.4. The fourth-order valence-electron chi connectivity index (χ4n) is 2.43. The Kier molecular flexibility index (Phi) is 6.10. The zero-order chi connectivity index (χ0) is 13.5. The summed E-state index contributed by atoms with van der Waals surface area (Å²) in [4.78, 5) is 14.5. The molecule has 2 rings (SSSR count). The fourth-order valence-corrected chi connectivity index (χ4v) is 3.06. The maximum absolute atomic E-state index is 12.0. The van der Waals surface area contributed by atoms with Crippen LogP contribution in [0.4, 0.5) is 0 Å². The van der Waals surface area contributed by atoms with E-state index in [9.17, 15) is 4.79 Å². The van der Waals surface area contributed by atoms with Crippen molar-refractivity contribution in [2.45, 2.75) is 25.7 Å². The predicted octanol–water partition coefficient (Wildman–Crippen LogP) is 2.90. The van der Waals surface area contributed by atoms with Gasteiger partial charge in [0, 0.05) is 16.7 Å². The number of halogens is 1. The Hall–Kier alpha value is -0.620. The molecule has 1 fully saturated rings. The molecule has 19 heavy (non-hydrogen) atoms. The molecule has 1 heterocycles. The SMILES string of the molecule is O=C(NCCN1CCCCCC1)c1ccccc1I. The molecule has 4 heteroatoms. The molecule has 104 valence electrons. The summed E-state index contributed by atoms with van der Waals surface area (Å²) in [6.45, 7) is 4.07. The van der Waals surface area contributed by atoms with E-state index in [1.165, 1.54) is 38.8 Å². The zero-order valence-electron chi connectivity index (χ0n) is 11.2. The Balaban J connectivity index is 1.76. The highest BCUT2D eigenvalue weighted by Crippen LogP contribution is 2.11. The van der Waals surface area contributed by atoms with Gasteiger partial charge in [0.15, 0.2) is 0 Å². The number of likely N-dealkylation sites (tertiary alicyclic amines) is 1. The van der Waals surface area contributed by atoms with E-state index in [1.807, 2.05) is 24.3 Å². The maximum atomic E-state index is 12.0. The quantitative estimate of drug-likeness (QED) is 0.825. The summed E-state index contributed by atoms with van der Waals surface area (Å²) in [7, 11) is 0. The predicted molar refractivity (Wildman–Crippen MR) is 86.4 cm³/mol. The molecule has 1 aliphatic rings. The number of carbonyl (C=O) groups is 1. The summed E-state index contributed by atoms with van der Waals surface area (Å²) in [5.41, 5.74) is 0.777. The van der Waals surface area contributed by atoms with Gasteiger partial charge in [-0.05, 0) is 60.7 Å². The number of amides is 1. The second-order valence-corrected chi connectivity index (χ2v) is 6.15. The molecule has 1 N–H and O–H groups in total. The van der Waals surface area contributed by atoms with Gasteiger partial charge in [-0.3, -0.25) is 4.79 Å². The fraction of sp³-hybridized carbons (Fsp3) is 0.533. The van der Waals surface area contributed by atoms with Crippen molar-refractivity contribution in [1.29, 1.82) is 0 Å². The van der Waals surface area contributed by atoms with E-state index >= 15 is 0 Å². The summed E-state index contributed by atoms with van der Waals surface area (Å²) in [6, 6.07) is 7.70. The van der Waals surface area contributed by atoms with Crippen LogP contribution < -0.4 is 5.32 Å². The third-order valence-corrected chi connectivity index (χ3v) is 4.47. The Morgan fingerprint density at radius 2 is 1.84 bits per heavy atom. The highest BCUT2D eigenvalue weighted by atomic mass is 127. The number of hydrogen-bond donors (Lipinski definition) is 1. The Morgan fingerprint density at radius 3 is 2.53 bits per heavy atom. The minimum Gasteiger partial charge on any atom is -0.351 e. The van der Waals surface area contributed by atoms with Gasteiger partial charge in [0.2, 0.25) is 0 Å². The van der Waals surface area contributed by atoms with Crippen LogP contribution in [0.5, 0.6) is 0 Å². The number of benzene rings is 1. The molecule has 0 unspecified atom stereocenters. The molecule has 0 atom stereocenters. The third-order valence-electron chi connectivity index (χ3n) is 3.53. The lowest BCUT2D eigenvalue weighted by molar-refractivity contribution is 0.0947. The lowest BCUT2D eigenvalue weighted by Crippen LogP contribution is -2.35. The maximum Gasteiger partial charge on any atom is 0.252 e. The van der Waals surface area contributed by atoms with E-state index in [2.05, 4.69) is 32.8 Å². The average Bonchev–Trinajstić information content (AvgIpc) is 2.68. The number of carbonyl (C=O) groups excluding carboxylic acids is 1. The van der Waals surface area contributed by atoms with Gasteiger partial charge in [-0.25, -0.2) is 0 Å². The van der Waals surface area contributed by atoms with Crippen LogP contribution >= 0.6 is 22.6 Å². The van der Waals surface area contributed by atoms with Crippen molar-refractivity contribution in [2.75, 3.05) is 26.2 Å². The van der Waals surface area contributed by atoms with Crippen LogP contribution in [-0.2, 0) is 0 Å². The van der Waals surface area contributed by atoms with Crippen molar-refractivity contribution < 1.29 is 4.79 Å². The van der Waals surface area contributed by atoms with Crippen molar-refractivity contribution in [3.8, 4) is 0 Å². The van der Waals surface area contributed by atoms with Gasteiger partial charge in [-0.15, -0.1) is 0 Å². The first-order valence-electron chi connectivity index (χ1n) is 7.02. The van der Waals surface area contributed by atoms with Gasteiger partial charge in [0.05, 0.1) is 5.56 Å². The van der Waals surface area contributed by atoms with Crippen LogP contribution in [-0.4, -0.2) is 37.0 Å². The minimum absolute atomic E-state index is 0.0415. The van der Waals surface area contributed by atoms with Gasteiger partial charge >= 0.3 is 0 Å². The Morgan fingerprint density at radius 1 is 1.16 bits per heavy atom. The van der Waals surface area contributed by atoms with Crippen molar-refractivity contribution in [3.63, 3.8) is 0 Å². The molecule has 0 spiro atoms. The first-order valence-corrected chi connectivity index (χ1v) is 8.10.